The third-order valence-electron chi connectivity index (χ3n) is 3.52. The molecule has 0 unspecified atom stereocenters. The van der Waals surface area contributed by atoms with E-state index < -0.39 is 0 Å². The summed E-state index contributed by atoms with van der Waals surface area (Å²) in [6.07, 6.45) is 3.04. The van der Waals surface area contributed by atoms with Crippen LogP contribution in [-0.4, -0.2) is 16.3 Å². The molecule has 0 saturated carbocycles. The first-order chi connectivity index (χ1) is 9.70. The number of nitrogens with one attached hydrogen (secondary N) is 1. The first-order valence-electron chi connectivity index (χ1n) is 7.51. The van der Waals surface area contributed by atoms with Gasteiger partial charge >= 0.3 is 0 Å². The van der Waals surface area contributed by atoms with Crippen LogP contribution in [0.4, 0.5) is 0 Å². The van der Waals surface area contributed by atoms with Crippen LogP contribution in [0.3, 0.4) is 0 Å². The molecule has 1 aromatic heterocycles. The van der Waals surface area contributed by atoms with Crippen LogP contribution in [0, 0.1) is 0 Å². The van der Waals surface area contributed by atoms with Gasteiger partial charge in [0.2, 0.25) is 0 Å². The standard InChI is InChI=1S/C17H25N3/c1-4-10-18-12-17-9-11-19-20(17)13-15-5-7-16(8-6-15)14(2)3/h5-9,11,14,18H,4,10,12-13H2,1-3H3. The Balaban J connectivity index is 2.00. The lowest BCUT2D eigenvalue weighted by Crippen LogP contribution is -2.17. The largest absolute Gasteiger partial charge is 0.311 e. The van der Waals surface area contributed by atoms with Crippen molar-refractivity contribution in [3.8, 4) is 0 Å². The van der Waals surface area contributed by atoms with Crippen molar-refractivity contribution in [2.24, 2.45) is 0 Å². The Morgan fingerprint density at radius 1 is 1.15 bits per heavy atom. The lowest BCUT2D eigenvalue weighted by molar-refractivity contribution is 0.592. The molecule has 1 aromatic carbocycles. The average Bonchev–Trinajstić information content (AvgIpc) is 2.87. The summed E-state index contributed by atoms with van der Waals surface area (Å²) in [5, 5.41) is 7.85. The average molecular weight is 271 g/mol. The zero-order valence-electron chi connectivity index (χ0n) is 12.8. The quantitative estimate of drug-likeness (QED) is 0.780. The summed E-state index contributed by atoms with van der Waals surface area (Å²) in [5.41, 5.74) is 3.93. The minimum Gasteiger partial charge on any atom is -0.311 e. The summed E-state index contributed by atoms with van der Waals surface area (Å²) in [6, 6.07) is 10.9. The van der Waals surface area contributed by atoms with Gasteiger partial charge in [-0.1, -0.05) is 45.0 Å². The topological polar surface area (TPSA) is 29.9 Å². The van der Waals surface area contributed by atoms with Crippen molar-refractivity contribution in [3.63, 3.8) is 0 Å². The van der Waals surface area contributed by atoms with E-state index in [0.717, 1.165) is 26.1 Å². The van der Waals surface area contributed by atoms with E-state index in [1.54, 1.807) is 0 Å². The van der Waals surface area contributed by atoms with Crippen LogP contribution in [0.15, 0.2) is 36.5 Å². The molecule has 20 heavy (non-hydrogen) atoms. The second-order valence-corrected chi connectivity index (χ2v) is 5.55. The minimum atomic E-state index is 0.586. The second-order valence-electron chi connectivity index (χ2n) is 5.55. The summed E-state index contributed by atoms with van der Waals surface area (Å²) in [4.78, 5) is 0. The Morgan fingerprint density at radius 2 is 1.90 bits per heavy atom. The normalized spacial score (nSPS) is 11.2. The molecule has 0 spiro atoms. The number of hydrogen-bond acceptors (Lipinski definition) is 2. The third-order valence-corrected chi connectivity index (χ3v) is 3.52. The molecule has 0 saturated heterocycles. The zero-order valence-corrected chi connectivity index (χ0v) is 12.8. The van der Waals surface area contributed by atoms with Gasteiger partial charge in [0.1, 0.15) is 0 Å². The molecule has 0 amide bonds. The van der Waals surface area contributed by atoms with Crippen LogP contribution in [0.1, 0.15) is 49.9 Å². The van der Waals surface area contributed by atoms with Gasteiger partial charge in [0.15, 0.2) is 0 Å². The van der Waals surface area contributed by atoms with Crippen molar-refractivity contribution in [2.45, 2.75) is 46.2 Å². The fourth-order valence-corrected chi connectivity index (χ4v) is 2.23. The monoisotopic (exact) mass is 271 g/mol. The van der Waals surface area contributed by atoms with E-state index in [4.69, 9.17) is 0 Å². The van der Waals surface area contributed by atoms with Gasteiger partial charge in [0.05, 0.1) is 12.2 Å². The van der Waals surface area contributed by atoms with Crippen molar-refractivity contribution < 1.29 is 0 Å². The third kappa shape index (κ3) is 3.94. The molecule has 0 aliphatic heterocycles. The number of rotatable bonds is 7. The summed E-state index contributed by atoms with van der Waals surface area (Å²) >= 11 is 0. The molecular weight excluding hydrogens is 246 g/mol. The Kier molecular flexibility index (Phi) is 5.36. The van der Waals surface area contributed by atoms with Gasteiger partial charge in [0, 0.05) is 12.7 Å². The maximum Gasteiger partial charge on any atom is 0.0663 e. The molecule has 108 valence electrons. The highest BCUT2D eigenvalue weighted by atomic mass is 15.3. The summed E-state index contributed by atoms with van der Waals surface area (Å²) in [6.45, 7) is 9.40. The highest BCUT2D eigenvalue weighted by Gasteiger charge is 2.04. The first-order valence-corrected chi connectivity index (χ1v) is 7.51. The van der Waals surface area contributed by atoms with E-state index in [1.807, 2.05) is 6.20 Å². The molecule has 0 aliphatic rings. The zero-order chi connectivity index (χ0) is 14.4. The molecule has 2 aromatic rings. The van der Waals surface area contributed by atoms with Gasteiger partial charge in [-0.15, -0.1) is 0 Å². The van der Waals surface area contributed by atoms with E-state index in [1.165, 1.54) is 16.8 Å². The lowest BCUT2D eigenvalue weighted by Gasteiger charge is -2.10. The molecule has 0 atom stereocenters. The van der Waals surface area contributed by atoms with Gasteiger partial charge in [-0.25, -0.2) is 0 Å². The van der Waals surface area contributed by atoms with E-state index in [-0.39, 0.29) is 0 Å². The smallest absolute Gasteiger partial charge is 0.0663 e. The minimum absolute atomic E-state index is 0.586. The fourth-order valence-electron chi connectivity index (χ4n) is 2.23. The van der Waals surface area contributed by atoms with Crippen LogP contribution in [-0.2, 0) is 13.1 Å². The molecule has 0 aliphatic carbocycles. The Labute approximate surface area is 122 Å². The first kappa shape index (κ1) is 14.8. The lowest BCUT2D eigenvalue weighted by atomic mass is 10.0. The van der Waals surface area contributed by atoms with Gasteiger partial charge in [-0.2, -0.15) is 5.10 Å². The molecule has 0 fully saturated rings. The highest BCUT2D eigenvalue weighted by molar-refractivity contribution is 5.25. The van der Waals surface area contributed by atoms with E-state index in [9.17, 15) is 0 Å². The molecule has 3 heteroatoms. The Bertz CT molecular complexity index is 511. The Morgan fingerprint density at radius 3 is 2.55 bits per heavy atom. The summed E-state index contributed by atoms with van der Waals surface area (Å²) in [5.74, 6) is 0.586. The van der Waals surface area contributed by atoms with Crippen molar-refractivity contribution in [1.29, 1.82) is 0 Å². The number of benzene rings is 1. The predicted octanol–water partition coefficient (Wildman–Crippen LogP) is 3.55. The van der Waals surface area contributed by atoms with E-state index in [2.05, 4.69) is 66.2 Å². The van der Waals surface area contributed by atoms with Crippen LogP contribution in [0.5, 0.6) is 0 Å². The van der Waals surface area contributed by atoms with Crippen molar-refractivity contribution in [3.05, 3.63) is 53.3 Å². The van der Waals surface area contributed by atoms with E-state index >= 15 is 0 Å². The maximum absolute atomic E-state index is 4.42. The SMILES string of the molecule is CCCNCc1ccnn1Cc1ccc(C(C)C)cc1. The van der Waals surface area contributed by atoms with Crippen LogP contribution in [0.25, 0.3) is 0 Å². The molecule has 0 radical (unpaired) electrons. The van der Waals surface area contributed by atoms with Crippen LogP contribution >= 0.6 is 0 Å². The molecule has 3 nitrogen and oxygen atoms in total. The molecule has 0 bridgehead atoms. The van der Waals surface area contributed by atoms with Gasteiger partial charge in [-0.3, -0.25) is 4.68 Å². The molecular formula is C17H25N3. The number of aromatic nitrogens is 2. The Hall–Kier alpha value is -1.61. The maximum atomic E-state index is 4.42. The summed E-state index contributed by atoms with van der Waals surface area (Å²) in [7, 11) is 0. The van der Waals surface area contributed by atoms with Crippen LogP contribution < -0.4 is 5.32 Å². The highest BCUT2D eigenvalue weighted by Crippen LogP contribution is 2.15. The molecule has 2 rings (SSSR count). The van der Waals surface area contributed by atoms with Crippen molar-refractivity contribution >= 4 is 0 Å². The van der Waals surface area contributed by atoms with Gasteiger partial charge in [-0.05, 0) is 36.1 Å². The number of hydrogen-bond donors (Lipinski definition) is 1. The molecule has 1 heterocycles. The number of nitrogens with zero attached hydrogens (tertiary/aromatic N) is 2. The van der Waals surface area contributed by atoms with Gasteiger partial charge in [0.25, 0.3) is 0 Å². The van der Waals surface area contributed by atoms with Crippen LogP contribution in [0.2, 0.25) is 0 Å². The molecule has 1 N–H and O–H groups in total. The van der Waals surface area contributed by atoms with Crippen molar-refractivity contribution in [1.82, 2.24) is 15.1 Å². The summed E-state index contributed by atoms with van der Waals surface area (Å²) < 4.78 is 2.08. The van der Waals surface area contributed by atoms with Crippen molar-refractivity contribution in [2.75, 3.05) is 6.54 Å². The fraction of sp³-hybridized carbons (Fsp3) is 0.471. The predicted molar refractivity (Wildman–Crippen MR) is 83.9 cm³/mol. The van der Waals surface area contributed by atoms with Gasteiger partial charge < -0.3 is 5.32 Å². The van der Waals surface area contributed by atoms with E-state index in [0.29, 0.717) is 5.92 Å². The second kappa shape index (κ2) is 7.25.